The number of carbonyl (C=O) groups is 1. The second-order valence-corrected chi connectivity index (χ2v) is 6.02. The van der Waals surface area contributed by atoms with E-state index in [2.05, 4.69) is 12.1 Å². The van der Waals surface area contributed by atoms with Gasteiger partial charge in [-0.15, -0.1) is 0 Å². The van der Waals surface area contributed by atoms with Gasteiger partial charge in [-0.2, -0.15) is 0 Å². The number of benzene rings is 3. The van der Waals surface area contributed by atoms with E-state index in [1.165, 1.54) is 0 Å². The second-order valence-electron chi connectivity index (χ2n) is 6.02. The molecule has 0 aliphatic carbocycles. The zero-order chi connectivity index (χ0) is 17.9. The first-order valence-electron chi connectivity index (χ1n) is 8.61. The van der Waals surface area contributed by atoms with Crippen LogP contribution in [0.4, 0.5) is 0 Å². The molecule has 0 N–H and O–H groups in total. The predicted molar refractivity (Wildman–Crippen MR) is 102 cm³/mol. The van der Waals surface area contributed by atoms with Crippen molar-refractivity contribution in [2.75, 3.05) is 6.61 Å². The number of ether oxygens (including phenoxy) is 2. The Labute approximate surface area is 152 Å². The van der Waals surface area contributed by atoms with Gasteiger partial charge in [-0.25, -0.2) is 0 Å². The van der Waals surface area contributed by atoms with E-state index in [1.54, 1.807) is 24.3 Å². The molecule has 4 rings (SSSR count). The Morgan fingerprint density at radius 1 is 0.923 bits per heavy atom. The van der Waals surface area contributed by atoms with Gasteiger partial charge in [-0.3, -0.25) is 4.79 Å². The molecule has 0 amide bonds. The molecule has 1 aliphatic heterocycles. The Morgan fingerprint density at radius 2 is 1.65 bits per heavy atom. The van der Waals surface area contributed by atoms with Crippen molar-refractivity contribution in [2.45, 2.75) is 6.92 Å². The summed E-state index contributed by atoms with van der Waals surface area (Å²) in [7, 11) is 0. The van der Waals surface area contributed by atoms with Gasteiger partial charge in [0.15, 0.2) is 5.76 Å². The van der Waals surface area contributed by atoms with Crippen molar-refractivity contribution < 1.29 is 14.3 Å². The first-order chi connectivity index (χ1) is 12.7. The van der Waals surface area contributed by atoms with E-state index in [0.717, 1.165) is 16.7 Å². The summed E-state index contributed by atoms with van der Waals surface area (Å²) in [6.07, 6.45) is 1.78. The lowest BCUT2D eigenvalue weighted by atomic mass is 10.0. The first kappa shape index (κ1) is 16.2. The Hall–Kier alpha value is -3.33. The standard InChI is InChI=1S/C23H18O3/c1-2-25-19-12-13-20-21(15-19)26-22(23(20)24)14-16-8-10-18(11-9-16)17-6-4-3-5-7-17/h3-15H,2H2,1H3/b22-14-. The lowest BCUT2D eigenvalue weighted by Crippen LogP contribution is -1.98. The SMILES string of the molecule is CCOc1ccc2c(c1)O/C(=C\c1ccc(-c3ccccc3)cc1)C2=O. The highest BCUT2D eigenvalue weighted by atomic mass is 16.5. The minimum atomic E-state index is -0.102. The van der Waals surface area contributed by atoms with E-state index in [-0.39, 0.29) is 5.78 Å². The van der Waals surface area contributed by atoms with Gasteiger partial charge < -0.3 is 9.47 Å². The molecule has 3 aromatic rings. The molecule has 26 heavy (non-hydrogen) atoms. The predicted octanol–water partition coefficient (Wildman–Crippen LogP) is 5.37. The Balaban J connectivity index is 1.58. The second kappa shape index (κ2) is 6.89. The molecule has 0 spiro atoms. The quantitative estimate of drug-likeness (QED) is 0.598. The summed E-state index contributed by atoms with van der Waals surface area (Å²) < 4.78 is 11.2. The molecule has 128 valence electrons. The van der Waals surface area contributed by atoms with E-state index in [4.69, 9.17) is 9.47 Å². The maximum atomic E-state index is 12.5. The van der Waals surface area contributed by atoms with Gasteiger partial charge in [-0.05, 0) is 41.8 Å². The summed E-state index contributed by atoms with van der Waals surface area (Å²) >= 11 is 0. The first-order valence-corrected chi connectivity index (χ1v) is 8.61. The average molecular weight is 342 g/mol. The molecule has 0 atom stereocenters. The third-order valence-corrected chi connectivity index (χ3v) is 4.27. The molecule has 0 saturated carbocycles. The minimum absolute atomic E-state index is 0.102. The zero-order valence-corrected chi connectivity index (χ0v) is 14.4. The molecule has 0 aromatic heterocycles. The van der Waals surface area contributed by atoms with Gasteiger partial charge in [0.1, 0.15) is 11.5 Å². The molecule has 1 aliphatic rings. The molecule has 0 radical (unpaired) electrons. The van der Waals surface area contributed by atoms with Crippen LogP contribution in [-0.4, -0.2) is 12.4 Å². The molecular weight excluding hydrogens is 324 g/mol. The summed E-state index contributed by atoms with van der Waals surface area (Å²) in [6, 6.07) is 23.5. The van der Waals surface area contributed by atoms with Crippen LogP contribution < -0.4 is 9.47 Å². The number of rotatable bonds is 4. The highest BCUT2D eigenvalue weighted by molar-refractivity contribution is 6.14. The fourth-order valence-electron chi connectivity index (χ4n) is 2.98. The van der Waals surface area contributed by atoms with E-state index in [0.29, 0.717) is 29.4 Å². The summed E-state index contributed by atoms with van der Waals surface area (Å²) in [5, 5.41) is 0. The van der Waals surface area contributed by atoms with Gasteiger partial charge >= 0.3 is 0 Å². The molecule has 3 nitrogen and oxygen atoms in total. The topological polar surface area (TPSA) is 35.5 Å². The number of ketones is 1. The van der Waals surface area contributed by atoms with Crippen LogP contribution in [-0.2, 0) is 0 Å². The van der Waals surface area contributed by atoms with E-state index in [9.17, 15) is 4.79 Å². The average Bonchev–Trinajstić information content (AvgIpc) is 2.98. The normalized spacial score (nSPS) is 14.2. The highest BCUT2D eigenvalue weighted by Crippen LogP contribution is 2.35. The largest absolute Gasteiger partial charge is 0.494 e. The maximum absolute atomic E-state index is 12.5. The summed E-state index contributed by atoms with van der Waals surface area (Å²) in [5.74, 6) is 1.48. The Bertz CT molecular complexity index is 970. The summed E-state index contributed by atoms with van der Waals surface area (Å²) in [4.78, 5) is 12.5. The summed E-state index contributed by atoms with van der Waals surface area (Å²) in [6.45, 7) is 2.49. The lowest BCUT2D eigenvalue weighted by Gasteiger charge is -2.04. The molecule has 3 heteroatoms. The number of allylic oxidation sites excluding steroid dienone is 1. The molecular formula is C23H18O3. The van der Waals surface area contributed by atoms with Crippen molar-refractivity contribution in [3.05, 3.63) is 89.7 Å². The van der Waals surface area contributed by atoms with Crippen molar-refractivity contribution in [3.63, 3.8) is 0 Å². The van der Waals surface area contributed by atoms with Crippen LogP contribution in [0.2, 0.25) is 0 Å². The van der Waals surface area contributed by atoms with E-state index >= 15 is 0 Å². The lowest BCUT2D eigenvalue weighted by molar-refractivity contribution is 0.101. The monoisotopic (exact) mass is 342 g/mol. The zero-order valence-electron chi connectivity index (χ0n) is 14.4. The van der Waals surface area contributed by atoms with Crippen LogP contribution >= 0.6 is 0 Å². The van der Waals surface area contributed by atoms with Crippen molar-refractivity contribution in [2.24, 2.45) is 0 Å². The molecule has 0 unspecified atom stereocenters. The molecule has 3 aromatic carbocycles. The number of hydrogen-bond acceptors (Lipinski definition) is 3. The van der Waals surface area contributed by atoms with Crippen molar-refractivity contribution in [1.29, 1.82) is 0 Å². The van der Waals surface area contributed by atoms with Crippen LogP contribution in [0.3, 0.4) is 0 Å². The maximum Gasteiger partial charge on any atom is 0.231 e. The molecule has 0 bridgehead atoms. The fraction of sp³-hybridized carbons (Fsp3) is 0.0870. The van der Waals surface area contributed by atoms with Gasteiger partial charge in [0.25, 0.3) is 0 Å². The van der Waals surface area contributed by atoms with Gasteiger partial charge in [-0.1, -0.05) is 54.6 Å². The smallest absolute Gasteiger partial charge is 0.231 e. The highest BCUT2D eigenvalue weighted by Gasteiger charge is 2.27. The minimum Gasteiger partial charge on any atom is -0.494 e. The van der Waals surface area contributed by atoms with Crippen LogP contribution in [0.15, 0.2) is 78.6 Å². The molecule has 0 saturated heterocycles. The van der Waals surface area contributed by atoms with Gasteiger partial charge in [0, 0.05) is 6.07 Å². The third kappa shape index (κ3) is 3.11. The van der Waals surface area contributed by atoms with Gasteiger partial charge in [0.05, 0.1) is 12.2 Å². The number of Topliss-reactive ketones (excluding diaryl/α,β-unsaturated/α-hetero) is 1. The molecule has 1 heterocycles. The van der Waals surface area contributed by atoms with Crippen LogP contribution in [0.25, 0.3) is 17.2 Å². The van der Waals surface area contributed by atoms with Crippen LogP contribution in [0.1, 0.15) is 22.8 Å². The fourth-order valence-corrected chi connectivity index (χ4v) is 2.98. The third-order valence-electron chi connectivity index (χ3n) is 4.27. The van der Waals surface area contributed by atoms with Crippen LogP contribution in [0.5, 0.6) is 11.5 Å². The number of fused-ring (bicyclic) bond motifs is 1. The van der Waals surface area contributed by atoms with Crippen LogP contribution in [0, 0.1) is 0 Å². The Morgan fingerprint density at radius 3 is 2.38 bits per heavy atom. The molecule has 0 fully saturated rings. The Kier molecular flexibility index (Phi) is 4.28. The van der Waals surface area contributed by atoms with E-state index in [1.807, 2.05) is 49.4 Å². The van der Waals surface area contributed by atoms with Crippen molar-refractivity contribution >= 4 is 11.9 Å². The number of carbonyl (C=O) groups excluding carboxylic acids is 1. The van der Waals surface area contributed by atoms with Crippen molar-refractivity contribution in [1.82, 2.24) is 0 Å². The van der Waals surface area contributed by atoms with Crippen molar-refractivity contribution in [3.8, 4) is 22.6 Å². The summed E-state index contributed by atoms with van der Waals surface area (Å²) in [5.41, 5.74) is 3.79. The van der Waals surface area contributed by atoms with E-state index < -0.39 is 0 Å². The van der Waals surface area contributed by atoms with Gasteiger partial charge in [0.2, 0.25) is 5.78 Å². The number of hydrogen-bond donors (Lipinski definition) is 0.